The van der Waals surface area contributed by atoms with Gasteiger partial charge in [0.15, 0.2) is 0 Å². The van der Waals surface area contributed by atoms with E-state index in [1.165, 1.54) is 11.1 Å². The van der Waals surface area contributed by atoms with Crippen LogP contribution in [0.5, 0.6) is 0 Å². The zero-order chi connectivity index (χ0) is 15.8. The summed E-state index contributed by atoms with van der Waals surface area (Å²) in [6.07, 6.45) is 2.60. The first-order valence-electron chi connectivity index (χ1n) is 7.77. The van der Waals surface area contributed by atoms with Gasteiger partial charge in [0, 0.05) is 19.6 Å². The Balaban J connectivity index is 0.00000264. The molecule has 2 rings (SSSR count). The second kappa shape index (κ2) is 10.1. The predicted octanol–water partition coefficient (Wildman–Crippen LogP) is 1.03. The van der Waals surface area contributed by atoms with Gasteiger partial charge in [0.2, 0.25) is 5.91 Å². The molecule has 7 heteroatoms. The van der Waals surface area contributed by atoms with Crippen molar-refractivity contribution in [1.82, 2.24) is 15.5 Å². The molecular formula is C16H25ClN4O2. The van der Waals surface area contributed by atoms with Gasteiger partial charge in [0.05, 0.1) is 6.54 Å². The monoisotopic (exact) mass is 340 g/mol. The van der Waals surface area contributed by atoms with Crippen molar-refractivity contribution in [2.24, 2.45) is 5.73 Å². The summed E-state index contributed by atoms with van der Waals surface area (Å²) in [6.45, 7) is 2.52. The number of amides is 3. The van der Waals surface area contributed by atoms with Crippen molar-refractivity contribution in [2.45, 2.75) is 25.8 Å². The summed E-state index contributed by atoms with van der Waals surface area (Å²) < 4.78 is 0. The topological polar surface area (TPSA) is 87.5 Å². The van der Waals surface area contributed by atoms with Gasteiger partial charge in [-0.1, -0.05) is 24.3 Å². The van der Waals surface area contributed by atoms with E-state index >= 15 is 0 Å². The molecule has 0 radical (unpaired) electrons. The van der Waals surface area contributed by atoms with Gasteiger partial charge in [-0.15, -0.1) is 12.4 Å². The molecule has 0 aromatic heterocycles. The van der Waals surface area contributed by atoms with E-state index in [2.05, 4.69) is 16.7 Å². The fraction of sp³-hybridized carbons (Fsp3) is 0.500. The number of nitrogens with two attached hydrogens (primary N) is 1. The Labute approximate surface area is 143 Å². The molecule has 0 atom stereocenters. The van der Waals surface area contributed by atoms with E-state index in [9.17, 15) is 9.59 Å². The lowest BCUT2D eigenvalue weighted by atomic mass is 10.0. The summed E-state index contributed by atoms with van der Waals surface area (Å²) >= 11 is 0. The van der Waals surface area contributed by atoms with Crippen LogP contribution < -0.4 is 16.4 Å². The molecule has 0 aliphatic carbocycles. The van der Waals surface area contributed by atoms with E-state index in [1.807, 2.05) is 18.2 Å². The maximum absolute atomic E-state index is 12.1. The number of halogens is 1. The number of nitrogens with one attached hydrogen (secondary N) is 2. The highest BCUT2D eigenvalue weighted by Gasteiger charge is 2.20. The van der Waals surface area contributed by atoms with E-state index in [-0.39, 0.29) is 30.9 Å². The molecular weight excluding hydrogens is 316 g/mol. The standard InChI is InChI=1S/C16H24N4O2.ClH/c17-8-3-4-9-18-15(21)11-19-16(22)20-10-7-13-5-1-2-6-14(13)12-20;/h1-2,5-6H,3-4,7-12,17H2,(H,18,21)(H,19,22);1H. The number of urea groups is 1. The maximum Gasteiger partial charge on any atom is 0.318 e. The number of rotatable bonds is 6. The van der Waals surface area contributed by atoms with Gasteiger partial charge < -0.3 is 21.3 Å². The van der Waals surface area contributed by atoms with Crippen molar-refractivity contribution in [3.05, 3.63) is 35.4 Å². The molecule has 3 amide bonds. The highest BCUT2D eigenvalue weighted by Crippen LogP contribution is 2.18. The van der Waals surface area contributed by atoms with Crippen LogP contribution in [0.4, 0.5) is 4.79 Å². The largest absolute Gasteiger partial charge is 0.355 e. The highest BCUT2D eigenvalue weighted by molar-refractivity contribution is 5.85. The van der Waals surface area contributed by atoms with E-state index in [1.54, 1.807) is 4.90 Å². The Morgan fingerprint density at radius 3 is 2.61 bits per heavy atom. The van der Waals surface area contributed by atoms with Gasteiger partial charge in [-0.2, -0.15) is 0 Å². The number of hydrogen-bond donors (Lipinski definition) is 3. The zero-order valence-corrected chi connectivity index (χ0v) is 14.0. The first kappa shape index (κ1) is 19.3. The third-order valence-corrected chi connectivity index (χ3v) is 3.77. The Bertz CT molecular complexity index is 525. The minimum Gasteiger partial charge on any atom is -0.355 e. The Kier molecular flexibility index (Phi) is 8.43. The van der Waals surface area contributed by atoms with Crippen LogP contribution in [0.1, 0.15) is 24.0 Å². The van der Waals surface area contributed by atoms with Crippen LogP contribution in [0.3, 0.4) is 0 Å². The maximum atomic E-state index is 12.1. The van der Waals surface area contributed by atoms with Crippen LogP contribution in [-0.4, -0.2) is 43.0 Å². The number of benzene rings is 1. The van der Waals surface area contributed by atoms with E-state index < -0.39 is 0 Å². The molecule has 1 aliphatic heterocycles. The fourth-order valence-electron chi connectivity index (χ4n) is 2.50. The van der Waals surface area contributed by atoms with Crippen LogP contribution in [-0.2, 0) is 17.8 Å². The summed E-state index contributed by atoms with van der Waals surface area (Å²) in [4.78, 5) is 25.5. The first-order chi connectivity index (χ1) is 10.7. The SMILES string of the molecule is Cl.NCCCCNC(=O)CNC(=O)N1CCc2ccccc2C1. The lowest BCUT2D eigenvalue weighted by Gasteiger charge is -2.28. The van der Waals surface area contributed by atoms with Crippen molar-refractivity contribution in [3.8, 4) is 0 Å². The molecule has 128 valence electrons. The number of nitrogens with zero attached hydrogens (tertiary/aromatic N) is 1. The zero-order valence-electron chi connectivity index (χ0n) is 13.2. The molecule has 0 bridgehead atoms. The highest BCUT2D eigenvalue weighted by atomic mass is 35.5. The Morgan fingerprint density at radius 2 is 1.87 bits per heavy atom. The van der Waals surface area contributed by atoms with Crippen molar-refractivity contribution < 1.29 is 9.59 Å². The van der Waals surface area contributed by atoms with Crippen molar-refractivity contribution in [2.75, 3.05) is 26.2 Å². The van der Waals surface area contributed by atoms with E-state index in [4.69, 9.17) is 5.73 Å². The molecule has 6 nitrogen and oxygen atoms in total. The number of carbonyl (C=O) groups is 2. The van der Waals surface area contributed by atoms with Crippen LogP contribution in [0, 0.1) is 0 Å². The van der Waals surface area contributed by atoms with Crippen molar-refractivity contribution in [3.63, 3.8) is 0 Å². The third-order valence-electron chi connectivity index (χ3n) is 3.77. The molecule has 1 heterocycles. The summed E-state index contributed by atoms with van der Waals surface area (Å²) in [6, 6.07) is 7.95. The smallest absolute Gasteiger partial charge is 0.318 e. The second-order valence-electron chi connectivity index (χ2n) is 5.44. The Morgan fingerprint density at radius 1 is 1.13 bits per heavy atom. The number of carbonyl (C=O) groups excluding carboxylic acids is 2. The van der Waals surface area contributed by atoms with E-state index in [0.29, 0.717) is 26.2 Å². The predicted molar refractivity (Wildman–Crippen MR) is 92.5 cm³/mol. The Hall–Kier alpha value is -1.79. The average molecular weight is 341 g/mol. The molecule has 0 saturated heterocycles. The lowest BCUT2D eigenvalue weighted by molar-refractivity contribution is -0.120. The quantitative estimate of drug-likeness (QED) is 0.676. The summed E-state index contributed by atoms with van der Waals surface area (Å²) in [5, 5.41) is 5.44. The van der Waals surface area contributed by atoms with E-state index in [0.717, 1.165) is 19.3 Å². The molecule has 0 unspecified atom stereocenters. The third kappa shape index (κ3) is 6.08. The van der Waals surface area contributed by atoms with Gasteiger partial charge >= 0.3 is 6.03 Å². The summed E-state index contributed by atoms with van der Waals surface area (Å²) in [5.41, 5.74) is 7.86. The van der Waals surface area contributed by atoms with Crippen LogP contribution in [0.25, 0.3) is 0 Å². The molecule has 0 saturated carbocycles. The molecule has 0 spiro atoms. The number of fused-ring (bicyclic) bond motifs is 1. The van der Waals surface area contributed by atoms with Gasteiger partial charge in [-0.05, 0) is 36.9 Å². The normalized spacial score (nSPS) is 12.8. The molecule has 1 aliphatic rings. The number of hydrogen-bond acceptors (Lipinski definition) is 3. The average Bonchev–Trinajstić information content (AvgIpc) is 2.56. The van der Waals surface area contributed by atoms with Crippen molar-refractivity contribution >= 4 is 24.3 Å². The van der Waals surface area contributed by atoms with Gasteiger partial charge in [0.25, 0.3) is 0 Å². The fourth-order valence-corrected chi connectivity index (χ4v) is 2.50. The van der Waals surface area contributed by atoms with Crippen LogP contribution >= 0.6 is 12.4 Å². The van der Waals surface area contributed by atoms with Gasteiger partial charge in [-0.3, -0.25) is 4.79 Å². The molecule has 1 aromatic rings. The first-order valence-corrected chi connectivity index (χ1v) is 7.77. The van der Waals surface area contributed by atoms with Gasteiger partial charge in [-0.25, -0.2) is 4.79 Å². The summed E-state index contributed by atoms with van der Waals surface area (Å²) in [5.74, 6) is -0.164. The second-order valence-corrected chi connectivity index (χ2v) is 5.44. The molecule has 23 heavy (non-hydrogen) atoms. The molecule has 0 fully saturated rings. The van der Waals surface area contributed by atoms with Crippen LogP contribution in [0.15, 0.2) is 24.3 Å². The number of unbranched alkanes of at least 4 members (excludes halogenated alkanes) is 1. The minimum atomic E-state index is -0.188. The lowest BCUT2D eigenvalue weighted by Crippen LogP contribution is -2.46. The molecule has 4 N–H and O–H groups in total. The summed E-state index contributed by atoms with van der Waals surface area (Å²) in [7, 11) is 0. The van der Waals surface area contributed by atoms with Crippen LogP contribution in [0.2, 0.25) is 0 Å². The van der Waals surface area contributed by atoms with Crippen molar-refractivity contribution in [1.29, 1.82) is 0 Å². The van der Waals surface area contributed by atoms with Gasteiger partial charge in [0.1, 0.15) is 0 Å². The molecule has 1 aromatic carbocycles. The minimum absolute atomic E-state index is 0.